The molecule has 3 rings (SSSR count). The third-order valence-electron chi connectivity index (χ3n) is 5.00. The Morgan fingerprint density at radius 1 is 1.08 bits per heavy atom. The first-order valence-corrected chi connectivity index (χ1v) is 9.67. The minimum absolute atomic E-state index is 0.125. The number of carbonyl (C=O) groups is 1. The number of fused-ring (bicyclic) bond motifs is 2. The molecule has 1 amide bonds. The summed E-state index contributed by atoms with van der Waals surface area (Å²) < 4.78 is 11.6. The SMILES string of the molecule is CCCOc1ccc(C(=O)N2C3CCNCC2CC3)cc1OCCC. The molecule has 2 saturated heterocycles. The molecule has 2 heterocycles. The smallest absolute Gasteiger partial charge is 0.254 e. The number of benzene rings is 1. The Balaban J connectivity index is 1.81. The van der Waals surface area contributed by atoms with Gasteiger partial charge in [-0.2, -0.15) is 0 Å². The molecule has 2 unspecified atom stereocenters. The minimum Gasteiger partial charge on any atom is -0.490 e. The van der Waals surface area contributed by atoms with Gasteiger partial charge >= 0.3 is 0 Å². The van der Waals surface area contributed by atoms with E-state index < -0.39 is 0 Å². The van der Waals surface area contributed by atoms with E-state index in [1.807, 2.05) is 18.2 Å². The highest BCUT2D eigenvalue weighted by atomic mass is 16.5. The van der Waals surface area contributed by atoms with Gasteiger partial charge in [0.05, 0.1) is 13.2 Å². The van der Waals surface area contributed by atoms with E-state index in [1.54, 1.807) is 0 Å². The Morgan fingerprint density at radius 3 is 2.56 bits per heavy atom. The maximum atomic E-state index is 13.2. The van der Waals surface area contributed by atoms with Gasteiger partial charge in [-0.1, -0.05) is 13.8 Å². The Bertz CT molecular complexity index is 576. The second-order valence-electron chi connectivity index (χ2n) is 6.95. The van der Waals surface area contributed by atoms with Crippen molar-refractivity contribution in [3.8, 4) is 11.5 Å². The van der Waals surface area contributed by atoms with Crippen molar-refractivity contribution in [1.29, 1.82) is 0 Å². The maximum absolute atomic E-state index is 13.2. The monoisotopic (exact) mass is 346 g/mol. The zero-order valence-electron chi connectivity index (χ0n) is 15.4. The van der Waals surface area contributed by atoms with Gasteiger partial charge in [-0.05, 0) is 56.8 Å². The molecule has 5 heteroatoms. The second kappa shape index (κ2) is 8.56. The zero-order valence-corrected chi connectivity index (χ0v) is 15.4. The number of hydrogen-bond acceptors (Lipinski definition) is 4. The lowest BCUT2D eigenvalue weighted by atomic mass is 10.1. The molecule has 0 spiro atoms. The molecule has 2 aliphatic rings. The van der Waals surface area contributed by atoms with Crippen molar-refractivity contribution in [2.75, 3.05) is 26.3 Å². The predicted octanol–water partition coefficient (Wildman–Crippen LogP) is 3.23. The largest absolute Gasteiger partial charge is 0.490 e. The summed E-state index contributed by atoms with van der Waals surface area (Å²) in [7, 11) is 0. The molecular formula is C20H30N2O3. The van der Waals surface area contributed by atoms with Gasteiger partial charge in [-0.15, -0.1) is 0 Å². The maximum Gasteiger partial charge on any atom is 0.254 e. The quantitative estimate of drug-likeness (QED) is 0.823. The van der Waals surface area contributed by atoms with Crippen molar-refractivity contribution in [3.05, 3.63) is 23.8 Å². The summed E-state index contributed by atoms with van der Waals surface area (Å²) in [6.07, 6.45) is 5.12. The lowest BCUT2D eigenvalue weighted by Gasteiger charge is -2.28. The number of hydrogen-bond donors (Lipinski definition) is 1. The van der Waals surface area contributed by atoms with Crippen LogP contribution < -0.4 is 14.8 Å². The van der Waals surface area contributed by atoms with Gasteiger partial charge in [-0.25, -0.2) is 0 Å². The molecule has 2 bridgehead atoms. The molecule has 1 aromatic rings. The van der Waals surface area contributed by atoms with E-state index in [2.05, 4.69) is 24.1 Å². The Morgan fingerprint density at radius 2 is 1.80 bits per heavy atom. The number of nitrogens with one attached hydrogen (secondary N) is 1. The van der Waals surface area contributed by atoms with E-state index in [4.69, 9.17) is 9.47 Å². The molecular weight excluding hydrogens is 316 g/mol. The van der Waals surface area contributed by atoms with Gasteiger partial charge in [0.1, 0.15) is 0 Å². The van der Waals surface area contributed by atoms with Gasteiger partial charge < -0.3 is 19.7 Å². The molecule has 1 aromatic carbocycles. The fourth-order valence-electron chi connectivity index (χ4n) is 3.76. The first-order valence-electron chi connectivity index (χ1n) is 9.67. The molecule has 0 aliphatic carbocycles. The van der Waals surface area contributed by atoms with Gasteiger partial charge in [0.15, 0.2) is 11.5 Å². The summed E-state index contributed by atoms with van der Waals surface area (Å²) in [5.41, 5.74) is 0.703. The molecule has 0 aromatic heterocycles. The van der Waals surface area contributed by atoms with Crippen molar-refractivity contribution in [1.82, 2.24) is 10.2 Å². The molecule has 2 atom stereocenters. The fraction of sp³-hybridized carbons (Fsp3) is 0.650. The van der Waals surface area contributed by atoms with E-state index in [9.17, 15) is 4.79 Å². The highest BCUT2D eigenvalue weighted by Gasteiger charge is 2.38. The average Bonchev–Trinajstić information content (AvgIpc) is 2.90. The zero-order chi connectivity index (χ0) is 17.6. The van der Waals surface area contributed by atoms with Crippen LogP contribution in [0.5, 0.6) is 11.5 Å². The summed E-state index contributed by atoms with van der Waals surface area (Å²) in [5.74, 6) is 1.54. The molecule has 2 fully saturated rings. The van der Waals surface area contributed by atoms with Gasteiger partial charge in [0.2, 0.25) is 0 Å². The van der Waals surface area contributed by atoms with Gasteiger partial charge in [-0.3, -0.25) is 4.79 Å². The third kappa shape index (κ3) is 4.09. The van der Waals surface area contributed by atoms with Crippen LogP contribution in [0, 0.1) is 0 Å². The third-order valence-corrected chi connectivity index (χ3v) is 5.00. The highest BCUT2D eigenvalue weighted by Crippen LogP contribution is 2.33. The highest BCUT2D eigenvalue weighted by molar-refractivity contribution is 5.95. The van der Waals surface area contributed by atoms with E-state index in [-0.39, 0.29) is 5.91 Å². The van der Waals surface area contributed by atoms with Gasteiger partial charge in [0, 0.05) is 24.2 Å². The molecule has 25 heavy (non-hydrogen) atoms. The Labute approximate surface area is 150 Å². The number of ether oxygens (including phenoxy) is 2. The molecule has 2 aliphatic heterocycles. The van der Waals surface area contributed by atoms with Crippen molar-refractivity contribution >= 4 is 5.91 Å². The van der Waals surface area contributed by atoms with Crippen molar-refractivity contribution in [3.63, 3.8) is 0 Å². The summed E-state index contributed by atoms with van der Waals surface area (Å²) >= 11 is 0. The van der Waals surface area contributed by atoms with Gasteiger partial charge in [0.25, 0.3) is 5.91 Å². The summed E-state index contributed by atoms with van der Waals surface area (Å²) in [5, 5.41) is 3.45. The number of rotatable bonds is 7. The summed E-state index contributed by atoms with van der Waals surface area (Å²) in [6.45, 7) is 7.33. The van der Waals surface area contributed by atoms with E-state index in [1.165, 1.54) is 0 Å². The van der Waals surface area contributed by atoms with Crippen LogP contribution in [0.25, 0.3) is 0 Å². The molecule has 0 radical (unpaired) electrons. The van der Waals surface area contributed by atoms with E-state index in [0.29, 0.717) is 36.6 Å². The fourth-order valence-corrected chi connectivity index (χ4v) is 3.76. The summed E-state index contributed by atoms with van der Waals surface area (Å²) in [4.78, 5) is 15.3. The van der Waals surface area contributed by atoms with E-state index >= 15 is 0 Å². The Kier molecular flexibility index (Phi) is 6.19. The number of nitrogens with zero attached hydrogens (tertiary/aromatic N) is 1. The van der Waals surface area contributed by atoms with Crippen LogP contribution in [0.3, 0.4) is 0 Å². The molecule has 1 N–H and O–H groups in total. The second-order valence-corrected chi connectivity index (χ2v) is 6.95. The standard InChI is InChI=1S/C20H30N2O3/c1-3-11-24-18-8-5-15(13-19(18)25-12-4-2)20(23)22-16-6-7-17(22)14-21-10-9-16/h5,8,13,16-17,21H,3-4,6-7,9-12,14H2,1-2H3. The summed E-state index contributed by atoms with van der Waals surface area (Å²) in [6, 6.07) is 6.30. The lowest BCUT2D eigenvalue weighted by molar-refractivity contribution is 0.0679. The topological polar surface area (TPSA) is 50.8 Å². The average molecular weight is 346 g/mol. The van der Waals surface area contributed by atoms with Crippen molar-refractivity contribution in [2.24, 2.45) is 0 Å². The van der Waals surface area contributed by atoms with Crippen LogP contribution in [0.4, 0.5) is 0 Å². The minimum atomic E-state index is 0.125. The number of amides is 1. The van der Waals surface area contributed by atoms with Crippen LogP contribution in [-0.4, -0.2) is 49.2 Å². The van der Waals surface area contributed by atoms with Crippen LogP contribution >= 0.6 is 0 Å². The van der Waals surface area contributed by atoms with Crippen LogP contribution in [-0.2, 0) is 0 Å². The van der Waals surface area contributed by atoms with Crippen LogP contribution in [0.1, 0.15) is 56.3 Å². The van der Waals surface area contributed by atoms with Crippen LogP contribution in [0.15, 0.2) is 18.2 Å². The molecule has 5 nitrogen and oxygen atoms in total. The number of carbonyl (C=O) groups excluding carboxylic acids is 1. The first kappa shape index (κ1) is 18.1. The normalized spacial score (nSPS) is 22.6. The Hall–Kier alpha value is -1.75. The molecule has 0 saturated carbocycles. The first-order chi connectivity index (χ1) is 12.2. The van der Waals surface area contributed by atoms with E-state index in [0.717, 1.165) is 50.9 Å². The van der Waals surface area contributed by atoms with Crippen molar-refractivity contribution in [2.45, 2.75) is 58.0 Å². The van der Waals surface area contributed by atoms with Crippen molar-refractivity contribution < 1.29 is 14.3 Å². The predicted molar refractivity (Wildman–Crippen MR) is 98.5 cm³/mol. The lowest BCUT2D eigenvalue weighted by Crippen LogP contribution is -2.42. The van der Waals surface area contributed by atoms with Crippen LogP contribution in [0.2, 0.25) is 0 Å². The molecule has 138 valence electrons.